The summed E-state index contributed by atoms with van der Waals surface area (Å²) in [4.78, 5) is 24.6. The van der Waals surface area contributed by atoms with Crippen molar-refractivity contribution in [3.8, 4) is 11.4 Å². The number of carbonyl (C=O) groups is 1. The van der Waals surface area contributed by atoms with Crippen molar-refractivity contribution in [2.75, 3.05) is 5.32 Å². The van der Waals surface area contributed by atoms with Crippen LogP contribution in [0.15, 0.2) is 48.5 Å². The summed E-state index contributed by atoms with van der Waals surface area (Å²) in [5.74, 6) is 0.837. The monoisotopic (exact) mass is 533 g/mol. The minimum Gasteiger partial charge on any atom is -0.365 e. The number of halogens is 6. The van der Waals surface area contributed by atoms with Crippen LogP contribution in [-0.2, 0) is 18.9 Å². The molecule has 198 valence electrons. The van der Waals surface area contributed by atoms with E-state index >= 15 is 0 Å². The van der Waals surface area contributed by atoms with Gasteiger partial charge in [0.1, 0.15) is 11.3 Å². The molecule has 1 saturated carbocycles. The van der Waals surface area contributed by atoms with Gasteiger partial charge < -0.3 is 9.88 Å². The lowest BCUT2D eigenvalue weighted by Gasteiger charge is -2.17. The van der Waals surface area contributed by atoms with Gasteiger partial charge >= 0.3 is 12.4 Å². The Labute approximate surface area is 212 Å². The van der Waals surface area contributed by atoms with Crippen LogP contribution in [0.3, 0.4) is 0 Å². The van der Waals surface area contributed by atoms with E-state index in [1.807, 2.05) is 6.92 Å². The number of aromatic nitrogens is 4. The minimum atomic E-state index is -4.53. The highest BCUT2D eigenvalue weighted by Gasteiger charge is 2.32. The predicted molar refractivity (Wildman–Crippen MR) is 128 cm³/mol. The number of carbonyl (C=O) groups excluding carboxylic acids is 1. The predicted octanol–water partition coefficient (Wildman–Crippen LogP) is 6.60. The van der Waals surface area contributed by atoms with Crippen molar-refractivity contribution in [3.05, 3.63) is 71.0 Å². The molecule has 2 aromatic heterocycles. The summed E-state index contributed by atoms with van der Waals surface area (Å²) < 4.78 is 80.3. The first-order valence-electron chi connectivity index (χ1n) is 11.8. The first-order chi connectivity index (χ1) is 17.9. The van der Waals surface area contributed by atoms with Gasteiger partial charge in [-0.25, -0.2) is 15.0 Å². The van der Waals surface area contributed by atoms with Crippen LogP contribution in [0.25, 0.3) is 22.6 Å². The van der Waals surface area contributed by atoms with E-state index in [-0.39, 0.29) is 29.9 Å². The van der Waals surface area contributed by atoms with Crippen molar-refractivity contribution in [2.24, 2.45) is 5.92 Å². The third kappa shape index (κ3) is 5.20. The molecule has 1 N–H and O–H groups in total. The lowest BCUT2D eigenvalue weighted by Crippen LogP contribution is -2.20. The van der Waals surface area contributed by atoms with Gasteiger partial charge in [-0.3, -0.25) is 4.79 Å². The van der Waals surface area contributed by atoms with Gasteiger partial charge in [0, 0.05) is 18.2 Å². The second-order valence-corrected chi connectivity index (χ2v) is 9.28. The Bertz CT molecular complexity index is 1470. The van der Waals surface area contributed by atoms with Crippen LogP contribution in [-0.4, -0.2) is 31.8 Å². The highest BCUT2D eigenvalue weighted by molar-refractivity contribution is 5.89. The zero-order chi connectivity index (χ0) is 27.2. The van der Waals surface area contributed by atoms with Gasteiger partial charge in [-0.2, -0.15) is 26.3 Å². The van der Waals surface area contributed by atoms with Crippen LogP contribution in [0.2, 0.25) is 0 Å². The molecule has 0 bridgehead atoms. The van der Waals surface area contributed by atoms with Gasteiger partial charge in [-0.05, 0) is 55.5 Å². The lowest BCUT2D eigenvalue weighted by molar-refractivity contribution is -0.138. The van der Waals surface area contributed by atoms with E-state index in [1.165, 1.54) is 24.3 Å². The first kappa shape index (κ1) is 25.7. The molecule has 0 unspecified atom stereocenters. The highest BCUT2D eigenvalue weighted by atomic mass is 19.4. The fraction of sp³-hybridized carbons (Fsp3) is 0.308. The number of aldehydes is 1. The first-order valence-corrected chi connectivity index (χ1v) is 11.8. The van der Waals surface area contributed by atoms with E-state index in [4.69, 9.17) is 0 Å². The summed E-state index contributed by atoms with van der Waals surface area (Å²) in [5.41, 5.74) is -0.301. The van der Waals surface area contributed by atoms with Crippen molar-refractivity contribution < 1.29 is 31.1 Å². The molecule has 0 radical (unpaired) electrons. The SMILES string of the molecule is C[C@@H](Nc1nc(C=O)nc2nc(-c3ccc(C(F)(F)F)cc3)n(Cc3ccc(C(F)(F)F)cc3)c12)C1CC1. The van der Waals surface area contributed by atoms with E-state index in [0.717, 1.165) is 37.1 Å². The molecule has 0 spiro atoms. The molecule has 12 heteroatoms. The van der Waals surface area contributed by atoms with Crippen LogP contribution >= 0.6 is 0 Å². The molecule has 2 aromatic carbocycles. The molecule has 1 aliphatic carbocycles. The number of fused-ring (bicyclic) bond motifs is 1. The molecular weight excluding hydrogens is 512 g/mol. The Kier molecular flexibility index (Phi) is 6.36. The Morgan fingerprint density at radius 1 is 0.921 bits per heavy atom. The van der Waals surface area contributed by atoms with E-state index < -0.39 is 23.5 Å². The summed E-state index contributed by atoms with van der Waals surface area (Å²) in [6.45, 7) is 2.00. The smallest absolute Gasteiger partial charge is 0.365 e. The molecular formula is C26H21F6N5O. The van der Waals surface area contributed by atoms with Gasteiger partial charge in [-0.15, -0.1) is 0 Å². The molecule has 1 aliphatic rings. The number of nitrogens with zero attached hydrogens (tertiary/aromatic N) is 4. The Balaban J connectivity index is 1.66. The van der Waals surface area contributed by atoms with Crippen molar-refractivity contribution in [1.29, 1.82) is 0 Å². The second-order valence-electron chi connectivity index (χ2n) is 9.28. The Hall–Kier alpha value is -3.96. The number of hydrogen-bond donors (Lipinski definition) is 1. The van der Waals surface area contributed by atoms with E-state index in [1.54, 1.807) is 4.57 Å². The fourth-order valence-electron chi connectivity index (χ4n) is 4.30. The van der Waals surface area contributed by atoms with Gasteiger partial charge in [-0.1, -0.05) is 24.3 Å². The molecule has 0 aliphatic heterocycles. The fourth-order valence-corrected chi connectivity index (χ4v) is 4.30. The van der Waals surface area contributed by atoms with Crippen LogP contribution < -0.4 is 5.32 Å². The van der Waals surface area contributed by atoms with Crippen molar-refractivity contribution >= 4 is 23.3 Å². The molecule has 6 nitrogen and oxygen atoms in total. The third-order valence-corrected chi connectivity index (χ3v) is 6.51. The summed E-state index contributed by atoms with van der Waals surface area (Å²) >= 11 is 0. The van der Waals surface area contributed by atoms with Gasteiger partial charge in [0.25, 0.3) is 0 Å². The van der Waals surface area contributed by atoms with Crippen LogP contribution in [0, 0.1) is 5.92 Å². The number of imidazole rings is 1. The molecule has 5 rings (SSSR count). The lowest BCUT2D eigenvalue weighted by atomic mass is 10.1. The molecule has 0 amide bonds. The maximum Gasteiger partial charge on any atom is 0.416 e. The average Bonchev–Trinajstić information content (AvgIpc) is 3.66. The molecule has 38 heavy (non-hydrogen) atoms. The van der Waals surface area contributed by atoms with Gasteiger partial charge in [0.2, 0.25) is 0 Å². The maximum atomic E-state index is 13.1. The van der Waals surface area contributed by atoms with Crippen molar-refractivity contribution in [1.82, 2.24) is 19.5 Å². The van der Waals surface area contributed by atoms with Crippen molar-refractivity contribution in [2.45, 2.75) is 44.7 Å². The third-order valence-electron chi connectivity index (χ3n) is 6.51. The highest BCUT2D eigenvalue weighted by Crippen LogP contribution is 2.37. The van der Waals surface area contributed by atoms with E-state index in [2.05, 4.69) is 20.3 Å². The molecule has 2 heterocycles. The second kappa shape index (κ2) is 9.41. The van der Waals surface area contributed by atoms with E-state index in [9.17, 15) is 31.1 Å². The van der Waals surface area contributed by atoms with Crippen LogP contribution in [0.5, 0.6) is 0 Å². The molecule has 4 aromatic rings. The number of anilines is 1. The largest absolute Gasteiger partial charge is 0.416 e. The molecule has 1 atom stereocenters. The van der Waals surface area contributed by atoms with Gasteiger partial charge in [0.15, 0.2) is 23.6 Å². The summed E-state index contributed by atoms with van der Waals surface area (Å²) in [6.07, 6.45) is -6.49. The van der Waals surface area contributed by atoms with E-state index in [0.29, 0.717) is 34.7 Å². The quantitative estimate of drug-likeness (QED) is 0.214. The normalized spacial score (nSPS) is 15.0. The Morgan fingerprint density at radius 2 is 1.50 bits per heavy atom. The number of benzene rings is 2. The topological polar surface area (TPSA) is 72.7 Å². The zero-order valence-corrected chi connectivity index (χ0v) is 19.9. The number of hydrogen-bond acceptors (Lipinski definition) is 5. The zero-order valence-electron chi connectivity index (χ0n) is 19.9. The number of nitrogens with one attached hydrogen (secondary N) is 1. The average molecular weight is 533 g/mol. The van der Waals surface area contributed by atoms with Crippen LogP contribution in [0.1, 0.15) is 47.1 Å². The number of rotatable bonds is 7. The summed E-state index contributed by atoms with van der Waals surface area (Å²) in [6, 6.07) is 8.96. The molecule has 1 fully saturated rings. The standard InChI is InChI=1S/C26H21F6N5O/c1-14(16-4-5-16)33-22-21-23(35-20(13-38)34-22)36-24(17-6-10-19(11-7-17)26(30,31)32)37(21)12-15-2-8-18(9-3-15)25(27,28)29/h2-3,6-11,13-14,16H,4-5,12H2,1H3,(H,33,34,35)/t14-/m1/s1. The summed E-state index contributed by atoms with van der Waals surface area (Å²) in [7, 11) is 0. The maximum absolute atomic E-state index is 13.1. The van der Waals surface area contributed by atoms with Crippen LogP contribution in [0.4, 0.5) is 32.2 Å². The van der Waals surface area contributed by atoms with Gasteiger partial charge in [0.05, 0.1) is 11.1 Å². The molecule has 0 saturated heterocycles. The summed E-state index contributed by atoms with van der Waals surface area (Å²) in [5, 5.41) is 3.30. The number of alkyl halides is 6. The Morgan fingerprint density at radius 3 is 2.03 bits per heavy atom. The van der Waals surface area contributed by atoms with Crippen molar-refractivity contribution in [3.63, 3.8) is 0 Å². The minimum absolute atomic E-state index is 0.0107.